The van der Waals surface area contributed by atoms with Crippen molar-refractivity contribution in [1.82, 2.24) is 9.97 Å². The van der Waals surface area contributed by atoms with Crippen molar-refractivity contribution in [3.05, 3.63) is 41.7 Å². The van der Waals surface area contributed by atoms with Gasteiger partial charge in [0.2, 0.25) is 0 Å². The summed E-state index contributed by atoms with van der Waals surface area (Å²) < 4.78 is 26.7. The minimum absolute atomic E-state index is 0.168. The second kappa shape index (κ2) is 6.85. The number of anilines is 1. The number of halogens is 2. The van der Waals surface area contributed by atoms with E-state index in [9.17, 15) is 8.78 Å². The lowest BCUT2D eigenvalue weighted by molar-refractivity contribution is 0.565. The Morgan fingerprint density at radius 2 is 1.95 bits per heavy atom. The normalized spacial score (nSPS) is 11.0. The first-order chi connectivity index (χ1) is 9.99. The largest absolute Gasteiger partial charge is 0.370 e. The molecular weight excluding hydrogens is 292 g/mol. The van der Waals surface area contributed by atoms with Crippen LogP contribution in [0.15, 0.2) is 34.2 Å². The molecule has 2 rings (SSSR count). The number of nitrogens with one attached hydrogen (secondary N) is 1. The molecule has 3 nitrogen and oxygen atoms in total. The highest BCUT2D eigenvalue weighted by molar-refractivity contribution is 7.99. The third-order valence-electron chi connectivity index (χ3n) is 2.70. The molecule has 0 radical (unpaired) electrons. The SMILES string of the molecule is CCNc1cc(Sc2ccc(F)cc2F)nc(C(C)C)n1. The lowest BCUT2D eigenvalue weighted by Gasteiger charge is -2.11. The fourth-order valence-electron chi connectivity index (χ4n) is 1.70. The van der Waals surface area contributed by atoms with Crippen LogP contribution in [-0.4, -0.2) is 16.5 Å². The summed E-state index contributed by atoms with van der Waals surface area (Å²) in [7, 11) is 0. The molecule has 0 bridgehead atoms. The summed E-state index contributed by atoms with van der Waals surface area (Å²) in [4.78, 5) is 9.18. The van der Waals surface area contributed by atoms with Gasteiger partial charge in [0.25, 0.3) is 0 Å². The fraction of sp³-hybridized carbons (Fsp3) is 0.333. The van der Waals surface area contributed by atoms with E-state index in [1.165, 1.54) is 12.1 Å². The van der Waals surface area contributed by atoms with Crippen molar-refractivity contribution < 1.29 is 8.78 Å². The maximum Gasteiger partial charge on any atom is 0.140 e. The Morgan fingerprint density at radius 3 is 2.57 bits per heavy atom. The first kappa shape index (κ1) is 15.7. The zero-order chi connectivity index (χ0) is 15.4. The highest BCUT2D eigenvalue weighted by Crippen LogP contribution is 2.30. The molecule has 0 aliphatic rings. The van der Waals surface area contributed by atoms with Gasteiger partial charge in [0.1, 0.15) is 28.3 Å². The molecule has 0 atom stereocenters. The Kier molecular flexibility index (Phi) is 5.12. The number of hydrogen-bond donors (Lipinski definition) is 1. The summed E-state index contributed by atoms with van der Waals surface area (Å²) in [5.74, 6) is 0.395. The Morgan fingerprint density at radius 1 is 1.19 bits per heavy atom. The molecule has 1 heterocycles. The minimum Gasteiger partial charge on any atom is -0.370 e. The van der Waals surface area contributed by atoms with Crippen molar-refractivity contribution in [3.63, 3.8) is 0 Å². The van der Waals surface area contributed by atoms with Gasteiger partial charge in [0, 0.05) is 29.5 Å². The maximum absolute atomic E-state index is 13.7. The number of nitrogens with zero attached hydrogens (tertiary/aromatic N) is 2. The predicted molar refractivity (Wildman–Crippen MR) is 80.8 cm³/mol. The van der Waals surface area contributed by atoms with Crippen molar-refractivity contribution in [1.29, 1.82) is 0 Å². The zero-order valence-electron chi connectivity index (χ0n) is 12.2. The van der Waals surface area contributed by atoms with Crippen molar-refractivity contribution in [3.8, 4) is 0 Å². The van der Waals surface area contributed by atoms with Gasteiger partial charge in [-0.2, -0.15) is 0 Å². The number of aromatic nitrogens is 2. The van der Waals surface area contributed by atoms with Crippen LogP contribution in [-0.2, 0) is 0 Å². The van der Waals surface area contributed by atoms with Crippen LogP contribution in [0, 0.1) is 11.6 Å². The summed E-state index contributed by atoms with van der Waals surface area (Å²) in [5, 5.41) is 3.77. The lowest BCUT2D eigenvalue weighted by Crippen LogP contribution is -2.05. The van der Waals surface area contributed by atoms with Gasteiger partial charge in [-0.25, -0.2) is 18.7 Å². The Hall–Kier alpha value is -1.69. The molecule has 0 saturated carbocycles. The van der Waals surface area contributed by atoms with Gasteiger partial charge in [-0.15, -0.1) is 0 Å². The van der Waals surface area contributed by atoms with Crippen molar-refractivity contribution in [2.45, 2.75) is 36.6 Å². The van der Waals surface area contributed by atoms with Gasteiger partial charge in [0.05, 0.1) is 0 Å². The van der Waals surface area contributed by atoms with Gasteiger partial charge >= 0.3 is 0 Å². The maximum atomic E-state index is 13.7. The molecule has 0 aliphatic heterocycles. The molecule has 0 aliphatic carbocycles. The van der Waals surface area contributed by atoms with E-state index in [2.05, 4.69) is 15.3 Å². The fourth-order valence-corrected chi connectivity index (χ4v) is 2.52. The topological polar surface area (TPSA) is 37.8 Å². The van der Waals surface area contributed by atoms with Crippen LogP contribution in [0.3, 0.4) is 0 Å². The average molecular weight is 309 g/mol. The van der Waals surface area contributed by atoms with E-state index in [1.54, 1.807) is 6.07 Å². The molecule has 0 spiro atoms. The molecule has 21 heavy (non-hydrogen) atoms. The molecule has 1 N–H and O–H groups in total. The summed E-state index contributed by atoms with van der Waals surface area (Å²) in [6.07, 6.45) is 0. The Balaban J connectivity index is 2.33. The van der Waals surface area contributed by atoms with Crippen LogP contribution in [0.5, 0.6) is 0 Å². The third kappa shape index (κ3) is 4.14. The zero-order valence-corrected chi connectivity index (χ0v) is 13.0. The Labute approximate surface area is 127 Å². The Bertz CT molecular complexity index is 632. The van der Waals surface area contributed by atoms with E-state index >= 15 is 0 Å². The van der Waals surface area contributed by atoms with Crippen LogP contribution >= 0.6 is 11.8 Å². The molecule has 6 heteroatoms. The summed E-state index contributed by atoms with van der Waals surface area (Å²) >= 11 is 1.16. The van der Waals surface area contributed by atoms with Crippen LogP contribution in [0.2, 0.25) is 0 Å². The van der Waals surface area contributed by atoms with Gasteiger partial charge in [-0.3, -0.25) is 0 Å². The second-order valence-electron chi connectivity index (χ2n) is 4.81. The van der Waals surface area contributed by atoms with E-state index in [-0.39, 0.29) is 5.92 Å². The molecule has 0 saturated heterocycles. The molecule has 1 aromatic carbocycles. The van der Waals surface area contributed by atoms with Gasteiger partial charge in [0.15, 0.2) is 0 Å². The average Bonchev–Trinajstić information content (AvgIpc) is 2.42. The number of hydrogen-bond acceptors (Lipinski definition) is 4. The van der Waals surface area contributed by atoms with Crippen molar-refractivity contribution in [2.75, 3.05) is 11.9 Å². The van der Waals surface area contributed by atoms with E-state index < -0.39 is 11.6 Å². The lowest BCUT2D eigenvalue weighted by atomic mass is 10.2. The van der Waals surface area contributed by atoms with E-state index in [1.807, 2.05) is 20.8 Å². The summed E-state index contributed by atoms with van der Waals surface area (Å²) in [5.41, 5.74) is 0. The van der Waals surface area contributed by atoms with E-state index in [4.69, 9.17) is 0 Å². The molecule has 0 amide bonds. The molecule has 0 unspecified atom stereocenters. The van der Waals surface area contributed by atoms with Gasteiger partial charge < -0.3 is 5.32 Å². The summed E-state index contributed by atoms with van der Waals surface area (Å²) in [6.45, 7) is 6.71. The number of rotatable bonds is 5. The molecule has 2 aromatic rings. The highest BCUT2D eigenvalue weighted by Gasteiger charge is 2.11. The quantitative estimate of drug-likeness (QED) is 0.827. The summed E-state index contributed by atoms with van der Waals surface area (Å²) in [6, 6.07) is 5.29. The molecule has 1 aromatic heterocycles. The molecule has 112 valence electrons. The molecule has 0 fully saturated rings. The van der Waals surface area contributed by atoms with Crippen LogP contribution in [0.1, 0.15) is 32.5 Å². The second-order valence-corrected chi connectivity index (χ2v) is 5.87. The van der Waals surface area contributed by atoms with Crippen molar-refractivity contribution in [2.24, 2.45) is 0 Å². The van der Waals surface area contributed by atoms with Crippen LogP contribution in [0.25, 0.3) is 0 Å². The number of benzene rings is 1. The monoisotopic (exact) mass is 309 g/mol. The predicted octanol–water partition coefficient (Wildman–Crippen LogP) is 4.46. The van der Waals surface area contributed by atoms with Gasteiger partial charge in [-0.05, 0) is 19.1 Å². The minimum atomic E-state index is -0.588. The van der Waals surface area contributed by atoms with Crippen LogP contribution in [0.4, 0.5) is 14.6 Å². The first-order valence-electron chi connectivity index (χ1n) is 6.75. The van der Waals surface area contributed by atoms with Crippen LogP contribution < -0.4 is 5.32 Å². The van der Waals surface area contributed by atoms with E-state index in [0.29, 0.717) is 21.6 Å². The smallest absolute Gasteiger partial charge is 0.140 e. The standard InChI is InChI=1S/C15H17F2N3S/c1-4-18-13-8-14(20-15(19-13)9(2)3)21-12-6-5-10(16)7-11(12)17/h5-9H,4H2,1-3H3,(H,18,19,20). The van der Waals surface area contributed by atoms with Gasteiger partial charge in [-0.1, -0.05) is 25.6 Å². The third-order valence-corrected chi connectivity index (χ3v) is 3.67. The first-order valence-corrected chi connectivity index (χ1v) is 7.57. The highest BCUT2D eigenvalue weighted by atomic mass is 32.2. The molecular formula is C15H17F2N3S. The van der Waals surface area contributed by atoms with Crippen molar-refractivity contribution >= 4 is 17.6 Å². The van der Waals surface area contributed by atoms with E-state index in [0.717, 1.165) is 24.4 Å².